The van der Waals surface area contributed by atoms with E-state index < -0.39 is 0 Å². The summed E-state index contributed by atoms with van der Waals surface area (Å²) in [6, 6.07) is 26.1. The van der Waals surface area contributed by atoms with Crippen LogP contribution in [0.4, 0.5) is 0 Å². The van der Waals surface area contributed by atoms with Gasteiger partial charge in [0.05, 0.1) is 12.8 Å². The Balaban J connectivity index is 1.84. The molecule has 0 N–H and O–H groups in total. The quantitative estimate of drug-likeness (QED) is 0.351. The number of nitrogens with zero attached hydrogens (tertiary/aromatic N) is 1. The van der Waals surface area contributed by atoms with Gasteiger partial charge < -0.3 is 13.7 Å². The Bertz CT molecular complexity index is 1250. The summed E-state index contributed by atoms with van der Waals surface area (Å²) < 4.78 is 13.6. The molecule has 2 aromatic heterocycles. The van der Waals surface area contributed by atoms with Crippen molar-refractivity contribution < 1.29 is 9.15 Å². The van der Waals surface area contributed by atoms with E-state index in [-0.39, 0.29) is 0 Å². The summed E-state index contributed by atoms with van der Waals surface area (Å²) in [5.41, 5.74) is 5.97. The van der Waals surface area contributed by atoms with Gasteiger partial charge in [-0.3, -0.25) is 0 Å². The normalized spacial score (nSPS) is 11.3. The van der Waals surface area contributed by atoms with E-state index in [0.29, 0.717) is 5.02 Å². The van der Waals surface area contributed by atoms with Crippen molar-refractivity contribution in [2.45, 2.75) is 0 Å². The second-order valence-corrected chi connectivity index (χ2v) is 6.82. The lowest BCUT2D eigenvalue weighted by molar-refractivity contribution is 0.415. The highest BCUT2D eigenvalue weighted by atomic mass is 35.5. The molecule has 0 aliphatic carbocycles. The third-order valence-corrected chi connectivity index (χ3v) is 5.05. The van der Waals surface area contributed by atoms with Gasteiger partial charge in [0, 0.05) is 22.2 Å². The van der Waals surface area contributed by atoms with Gasteiger partial charge in [-0.25, -0.2) is 0 Å². The van der Waals surface area contributed by atoms with E-state index in [2.05, 4.69) is 28.8 Å². The van der Waals surface area contributed by atoms with Gasteiger partial charge in [0.2, 0.25) is 0 Å². The van der Waals surface area contributed by atoms with Gasteiger partial charge in [0.25, 0.3) is 0 Å². The van der Waals surface area contributed by atoms with Crippen molar-refractivity contribution in [3.63, 3.8) is 0 Å². The van der Waals surface area contributed by atoms with Crippen LogP contribution in [-0.2, 0) is 0 Å². The Labute approximate surface area is 161 Å². The summed E-state index contributed by atoms with van der Waals surface area (Å²) in [4.78, 5) is 0. The molecule has 0 spiro atoms. The monoisotopic (exact) mass is 373 g/mol. The first kappa shape index (κ1) is 16.0. The molecule has 0 saturated carbocycles. The van der Waals surface area contributed by atoms with E-state index in [1.165, 1.54) is 0 Å². The molecule has 5 rings (SSSR count). The molecule has 3 aromatic carbocycles. The predicted octanol–water partition coefficient (Wildman–Crippen LogP) is 6.71. The van der Waals surface area contributed by atoms with Gasteiger partial charge in [-0.1, -0.05) is 23.7 Å². The van der Waals surface area contributed by atoms with E-state index in [9.17, 15) is 0 Å². The van der Waals surface area contributed by atoms with E-state index in [4.69, 9.17) is 20.8 Å². The van der Waals surface area contributed by atoms with Crippen LogP contribution in [0.5, 0.6) is 5.75 Å². The van der Waals surface area contributed by atoms with Crippen molar-refractivity contribution in [2.75, 3.05) is 7.11 Å². The summed E-state index contributed by atoms with van der Waals surface area (Å²) in [5.74, 6) is 0.831. The second-order valence-electron chi connectivity index (χ2n) is 6.38. The molecule has 0 bridgehead atoms. The Morgan fingerprint density at radius 2 is 1.59 bits per heavy atom. The van der Waals surface area contributed by atoms with Gasteiger partial charge in [0.1, 0.15) is 16.8 Å². The standard InChI is InChI=1S/C23H16ClNO2/c1-26-18-12-6-15(7-13-18)20-14-22-23(19-4-2-3-5-21(19)27-22)25(20)17-10-8-16(24)9-11-17/h2-14H,1H3. The third-order valence-electron chi connectivity index (χ3n) is 4.80. The van der Waals surface area contributed by atoms with E-state index in [0.717, 1.165) is 44.8 Å². The molecular weight excluding hydrogens is 358 g/mol. The number of benzene rings is 3. The van der Waals surface area contributed by atoms with Crippen LogP contribution in [0.2, 0.25) is 5.02 Å². The fourth-order valence-electron chi connectivity index (χ4n) is 3.52. The average Bonchev–Trinajstić information content (AvgIpc) is 3.25. The number of hydrogen-bond donors (Lipinski definition) is 0. The fraction of sp³-hybridized carbons (Fsp3) is 0.0435. The van der Waals surface area contributed by atoms with Crippen LogP contribution in [0.25, 0.3) is 39.0 Å². The minimum atomic E-state index is 0.713. The van der Waals surface area contributed by atoms with E-state index in [1.54, 1.807) is 7.11 Å². The summed E-state index contributed by atoms with van der Waals surface area (Å²) in [6.45, 7) is 0. The summed E-state index contributed by atoms with van der Waals surface area (Å²) >= 11 is 6.11. The zero-order chi connectivity index (χ0) is 18.4. The summed E-state index contributed by atoms with van der Waals surface area (Å²) in [5, 5.41) is 1.80. The maximum absolute atomic E-state index is 6.11. The van der Waals surface area contributed by atoms with Crippen LogP contribution in [0, 0.1) is 0 Å². The lowest BCUT2D eigenvalue weighted by Gasteiger charge is -2.11. The van der Waals surface area contributed by atoms with Crippen LogP contribution in [0.15, 0.2) is 83.3 Å². The largest absolute Gasteiger partial charge is 0.497 e. The molecule has 27 heavy (non-hydrogen) atoms. The number of methoxy groups -OCH3 is 1. The molecule has 4 heteroatoms. The highest BCUT2D eigenvalue weighted by Gasteiger charge is 2.18. The smallest absolute Gasteiger partial charge is 0.154 e. The first-order chi connectivity index (χ1) is 13.2. The molecule has 0 aliphatic rings. The topological polar surface area (TPSA) is 27.3 Å². The number of hydrogen-bond acceptors (Lipinski definition) is 2. The molecule has 0 fully saturated rings. The van der Waals surface area contributed by atoms with Gasteiger partial charge in [0.15, 0.2) is 5.58 Å². The fourth-order valence-corrected chi connectivity index (χ4v) is 3.65. The zero-order valence-electron chi connectivity index (χ0n) is 14.6. The molecule has 0 atom stereocenters. The summed E-state index contributed by atoms with van der Waals surface area (Å²) in [7, 11) is 1.67. The van der Waals surface area contributed by atoms with Crippen molar-refractivity contribution in [1.82, 2.24) is 4.57 Å². The molecule has 2 heterocycles. The highest BCUT2D eigenvalue weighted by Crippen LogP contribution is 2.38. The Kier molecular flexibility index (Phi) is 3.69. The van der Waals surface area contributed by atoms with Gasteiger partial charge in [-0.15, -0.1) is 0 Å². The summed E-state index contributed by atoms with van der Waals surface area (Å²) in [6.07, 6.45) is 0. The molecule has 0 saturated heterocycles. The number of halogens is 1. The van der Waals surface area contributed by atoms with Crippen LogP contribution in [-0.4, -0.2) is 11.7 Å². The highest BCUT2D eigenvalue weighted by molar-refractivity contribution is 6.30. The van der Waals surface area contributed by atoms with Crippen LogP contribution < -0.4 is 4.74 Å². The third kappa shape index (κ3) is 2.59. The average molecular weight is 374 g/mol. The van der Waals surface area contributed by atoms with E-state index >= 15 is 0 Å². The maximum atomic E-state index is 6.11. The molecule has 3 nitrogen and oxygen atoms in total. The molecular formula is C23H16ClNO2. The number of fused-ring (bicyclic) bond motifs is 3. The number of rotatable bonds is 3. The number of para-hydroxylation sites is 1. The predicted molar refractivity (Wildman–Crippen MR) is 110 cm³/mol. The molecule has 0 radical (unpaired) electrons. The van der Waals surface area contributed by atoms with Gasteiger partial charge >= 0.3 is 0 Å². The molecule has 0 aliphatic heterocycles. The number of aromatic nitrogens is 1. The SMILES string of the molecule is COc1ccc(-c2cc3oc4ccccc4c3n2-c2ccc(Cl)cc2)cc1. The Hall–Kier alpha value is -3.17. The maximum Gasteiger partial charge on any atom is 0.154 e. The van der Waals surface area contributed by atoms with E-state index in [1.807, 2.05) is 54.6 Å². The zero-order valence-corrected chi connectivity index (χ0v) is 15.4. The Morgan fingerprint density at radius 1 is 0.852 bits per heavy atom. The first-order valence-corrected chi connectivity index (χ1v) is 9.06. The van der Waals surface area contributed by atoms with Crippen LogP contribution >= 0.6 is 11.6 Å². The number of ether oxygens (including phenoxy) is 1. The molecule has 0 unspecified atom stereocenters. The van der Waals surface area contributed by atoms with Gasteiger partial charge in [-0.2, -0.15) is 0 Å². The van der Waals surface area contributed by atoms with Crippen LogP contribution in [0.3, 0.4) is 0 Å². The van der Waals surface area contributed by atoms with Gasteiger partial charge in [-0.05, 0) is 66.2 Å². The molecule has 0 amide bonds. The van der Waals surface area contributed by atoms with Crippen molar-refractivity contribution in [3.05, 3.63) is 83.9 Å². The molecule has 132 valence electrons. The molecule has 5 aromatic rings. The lowest BCUT2D eigenvalue weighted by atomic mass is 10.1. The minimum absolute atomic E-state index is 0.713. The second kappa shape index (κ2) is 6.22. The number of furan rings is 1. The van der Waals surface area contributed by atoms with Crippen molar-refractivity contribution >= 4 is 33.7 Å². The minimum Gasteiger partial charge on any atom is -0.497 e. The van der Waals surface area contributed by atoms with Crippen LogP contribution in [0.1, 0.15) is 0 Å². The Morgan fingerprint density at radius 3 is 2.33 bits per heavy atom. The first-order valence-electron chi connectivity index (χ1n) is 8.68. The lowest BCUT2D eigenvalue weighted by Crippen LogP contribution is -1.96. The van der Waals surface area contributed by atoms with Crippen molar-refractivity contribution in [3.8, 4) is 22.7 Å². The van der Waals surface area contributed by atoms with Crippen molar-refractivity contribution in [2.24, 2.45) is 0 Å². The van der Waals surface area contributed by atoms with Crippen molar-refractivity contribution in [1.29, 1.82) is 0 Å².